The number of hydrogen-bond donors (Lipinski definition) is 2. The number of β-amino-alcohol motifs (C(OH)–C–C–N with tert-alkyl or cyclic N) is 1. The number of aryl methyl sites for hydroxylation is 1. The highest BCUT2D eigenvalue weighted by Crippen LogP contribution is 2.35. The topological polar surface area (TPSA) is 74.6 Å². The molecule has 0 saturated carbocycles. The fraction of sp³-hybridized carbons (Fsp3) is 0.391. The van der Waals surface area contributed by atoms with Crippen molar-refractivity contribution in [3.63, 3.8) is 0 Å². The Morgan fingerprint density at radius 1 is 1.20 bits per heavy atom. The average molecular weight is 428 g/mol. The van der Waals surface area contributed by atoms with Crippen molar-refractivity contribution in [3.8, 4) is 0 Å². The molecular weight excluding hydrogens is 402 g/mol. The van der Waals surface area contributed by atoms with E-state index in [0.717, 1.165) is 18.4 Å². The molecule has 4 rings (SSSR count). The molecule has 1 aliphatic heterocycles. The van der Waals surface area contributed by atoms with E-state index in [-0.39, 0.29) is 24.3 Å². The summed E-state index contributed by atoms with van der Waals surface area (Å²) in [7, 11) is 1.75. The number of carbonyl (C=O) groups excluding carboxylic acids is 2. The fourth-order valence-electron chi connectivity index (χ4n) is 4.52. The normalized spacial score (nSPS) is 24.2. The van der Waals surface area contributed by atoms with Crippen molar-refractivity contribution >= 4 is 23.4 Å². The summed E-state index contributed by atoms with van der Waals surface area (Å²) >= 11 is 6.05. The Labute approximate surface area is 181 Å². The van der Waals surface area contributed by atoms with Gasteiger partial charge in [-0.15, -0.1) is 0 Å². The SMILES string of the molecule is Cn1cc(Cl)cc1C(=O)N[C@]1(c2ccccc2)CCN(C(=O)C2CC=CC2)C[C@H]1O. The summed E-state index contributed by atoms with van der Waals surface area (Å²) < 4.78 is 1.66. The molecular formula is C23H26ClN3O3. The van der Waals surface area contributed by atoms with E-state index in [0.29, 0.717) is 23.7 Å². The number of hydrogen-bond acceptors (Lipinski definition) is 3. The van der Waals surface area contributed by atoms with Gasteiger partial charge in [0.1, 0.15) is 5.69 Å². The van der Waals surface area contributed by atoms with Gasteiger partial charge in [-0.05, 0) is 30.9 Å². The van der Waals surface area contributed by atoms with Crippen molar-refractivity contribution in [2.75, 3.05) is 13.1 Å². The number of nitrogens with zero attached hydrogens (tertiary/aromatic N) is 2. The van der Waals surface area contributed by atoms with E-state index in [1.54, 1.807) is 28.8 Å². The van der Waals surface area contributed by atoms with Crippen molar-refractivity contribution in [1.82, 2.24) is 14.8 Å². The number of likely N-dealkylation sites (tertiary alicyclic amines) is 1. The highest BCUT2D eigenvalue weighted by Gasteiger charge is 2.46. The first-order valence-electron chi connectivity index (χ1n) is 10.2. The van der Waals surface area contributed by atoms with E-state index >= 15 is 0 Å². The lowest BCUT2D eigenvalue weighted by molar-refractivity contribution is -0.141. The molecule has 2 heterocycles. The van der Waals surface area contributed by atoms with Crippen LogP contribution in [0.2, 0.25) is 5.02 Å². The van der Waals surface area contributed by atoms with Gasteiger partial charge < -0.3 is 19.9 Å². The minimum absolute atomic E-state index is 0.0403. The maximum absolute atomic E-state index is 13.1. The van der Waals surface area contributed by atoms with E-state index in [9.17, 15) is 14.7 Å². The van der Waals surface area contributed by atoms with Gasteiger partial charge in [0.2, 0.25) is 5.91 Å². The number of carbonyl (C=O) groups is 2. The zero-order chi connectivity index (χ0) is 21.3. The van der Waals surface area contributed by atoms with Crippen LogP contribution in [-0.4, -0.2) is 45.6 Å². The Hall–Kier alpha value is -2.57. The van der Waals surface area contributed by atoms with E-state index in [2.05, 4.69) is 5.32 Å². The number of benzene rings is 1. The molecule has 1 fully saturated rings. The van der Waals surface area contributed by atoms with E-state index in [1.165, 1.54) is 0 Å². The fourth-order valence-corrected chi connectivity index (χ4v) is 4.77. The number of halogens is 1. The number of aliphatic hydroxyl groups excluding tert-OH is 1. The smallest absolute Gasteiger partial charge is 0.268 e. The van der Waals surface area contributed by atoms with Gasteiger partial charge in [-0.3, -0.25) is 9.59 Å². The van der Waals surface area contributed by atoms with Crippen molar-refractivity contribution in [3.05, 3.63) is 71.0 Å². The zero-order valence-electron chi connectivity index (χ0n) is 16.9. The predicted molar refractivity (Wildman–Crippen MR) is 115 cm³/mol. The number of aliphatic hydroxyl groups is 1. The number of amides is 2. The first-order valence-corrected chi connectivity index (χ1v) is 10.6. The Morgan fingerprint density at radius 3 is 2.50 bits per heavy atom. The summed E-state index contributed by atoms with van der Waals surface area (Å²) in [5.74, 6) is -0.283. The molecule has 30 heavy (non-hydrogen) atoms. The van der Waals surface area contributed by atoms with Crippen molar-refractivity contribution in [1.29, 1.82) is 0 Å². The molecule has 0 radical (unpaired) electrons. The van der Waals surface area contributed by atoms with Crippen LogP contribution in [0, 0.1) is 5.92 Å². The quantitative estimate of drug-likeness (QED) is 0.737. The predicted octanol–water partition coefficient (Wildman–Crippen LogP) is 2.86. The molecule has 2 amide bonds. The second-order valence-electron chi connectivity index (χ2n) is 8.14. The third-order valence-corrected chi connectivity index (χ3v) is 6.44. The van der Waals surface area contributed by atoms with Gasteiger partial charge in [0, 0.05) is 32.3 Å². The maximum atomic E-state index is 13.1. The Balaban J connectivity index is 1.60. The van der Waals surface area contributed by atoms with E-state index in [1.807, 2.05) is 42.5 Å². The number of piperidine rings is 1. The van der Waals surface area contributed by atoms with Gasteiger partial charge in [0.15, 0.2) is 0 Å². The zero-order valence-corrected chi connectivity index (χ0v) is 17.7. The van der Waals surface area contributed by atoms with Gasteiger partial charge in [0.05, 0.1) is 16.7 Å². The summed E-state index contributed by atoms with van der Waals surface area (Å²) in [6, 6.07) is 11.1. The molecule has 2 atom stereocenters. The lowest BCUT2D eigenvalue weighted by Gasteiger charge is -2.46. The Morgan fingerprint density at radius 2 is 1.90 bits per heavy atom. The van der Waals surface area contributed by atoms with Crippen molar-refractivity contribution in [2.24, 2.45) is 13.0 Å². The highest BCUT2D eigenvalue weighted by molar-refractivity contribution is 6.31. The molecule has 1 aromatic carbocycles. The summed E-state index contributed by atoms with van der Waals surface area (Å²) in [5, 5.41) is 14.8. The summed E-state index contributed by atoms with van der Waals surface area (Å²) in [6.07, 6.45) is 6.71. The molecule has 6 nitrogen and oxygen atoms in total. The summed E-state index contributed by atoms with van der Waals surface area (Å²) in [4.78, 5) is 27.7. The number of rotatable bonds is 4. The lowest BCUT2D eigenvalue weighted by atomic mass is 9.78. The molecule has 2 aromatic rings. The third-order valence-electron chi connectivity index (χ3n) is 6.24. The maximum Gasteiger partial charge on any atom is 0.268 e. The van der Waals surface area contributed by atoms with Crippen LogP contribution in [0.1, 0.15) is 35.3 Å². The third kappa shape index (κ3) is 3.77. The van der Waals surface area contributed by atoms with Gasteiger partial charge in [-0.25, -0.2) is 0 Å². The molecule has 7 heteroatoms. The van der Waals surface area contributed by atoms with E-state index < -0.39 is 11.6 Å². The Kier molecular flexibility index (Phi) is 5.71. The van der Waals surface area contributed by atoms with Crippen LogP contribution in [0.5, 0.6) is 0 Å². The second-order valence-corrected chi connectivity index (χ2v) is 8.57. The molecule has 2 aliphatic rings. The highest BCUT2D eigenvalue weighted by atomic mass is 35.5. The average Bonchev–Trinajstić information content (AvgIpc) is 3.39. The van der Waals surface area contributed by atoms with Gasteiger partial charge in [-0.1, -0.05) is 54.1 Å². The van der Waals surface area contributed by atoms with E-state index in [4.69, 9.17) is 11.6 Å². The molecule has 0 unspecified atom stereocenters. The molecule has 1 aliphatic carbocycles. The first kappa shape index (κ1) is 20.7. The molecule has 158 valence electrons. The minimum atomic E-state index is -0.986. The molecule has 1 aromatic heterocycles. The monoisotopic (exact) mass is 427 g/mol. The first-order chi connectivity index (χ1) is 14.4. The molecule has 2 N–H and O–H groups in total. The number of allylic oxidation sites excluding steroid dienone is 2. The van der Waals surface area contributed by atoms with Crippen LogP contribution >= 0.6 is 11.6 Å². The summed E-state index contributed by atoms with van der Waals surface area (Å²) in [6.45, 7) is 0.647. The Bertz CT molecular complexity index is 963. The standard InChI is InChI=1S/C23H26ClN3O3/c1-26-14-18(24)13-19(26)21(29)25-23(17-9-3-2-4-10-17)11-12-27(15-20(23)28)22(30)16-7-5-6-8-16/h2-6,9-10,13-14,16,20,28H,7-8,11-12,15H2,1H3,(H,25,29)/t20-,23+/m1/s1. The largest absolute Gasteiger partial charge is 0.388 e. The van der Waals surface area contributed by atoms with Crippen molar-refractivity contribution < 1.29 is 14.7 Å². The van der Waals surface area contributed by atoms with Crippen molar-refractivity contribution in [2.45, 2.75) is 30.9 Å². The number of aromatic nitrogens is 1. The van der Waals surface area contributed by atoms with Crippen LogP contribution in [0.4, 0.5) is 0 Å². The van der Waals surface area contributed by atoms with Crippen LogP contribution in [0.25, 0.3) is 0 Å². The van der Waals surface area contributed by atoms with Crippen LogP contribution in [0.15, 0.2) is 54.7 Å². The lowest BCUT2D eigenvalue weighted by Crippen LogP contribution is -2.63. The van der Waals surface area contributed by atoms with Crippen LogP contribution < -0.4 is 5.32 Å². The molecule has 0 bridgehead atoms. The minimum Gasteiger partial charge on any atom is -0.388 e. The van der Waals surface area contributed by atoms with Gasteiger partial charge >= 0.3 is 0 Å². The summed E-state index contributed by atoms with van der Waals surface area (Å²) in [5.41, 5.74) is 0.249. The van der Waals surface area contributed by atoms with Gasteiger partial charge in [0.25, 0.3) is 5.91 Å². The van der Waals surface area contributed by atoms with Crippen LogP contribution in [0.3, 0.4) is 0 Å². The van der Waals surface area contributed by atoms with Gasteiger partial charge in [-0.2, -0.15) is 0 Å². The number of nitrogens with one attached hydrogen (secondary N) is 1. The van der Waals surface area contributed by atoms with Crippen LogP contribution in [-0.2, 0) is 17.4 Å². The molecule has 1 saturated heterocycles. The molecule has 0 spiro atoms. The second kappa shape index (κ2) is 8.28.